The van der Waals surface area contributed by atoms with E-state index in [-0.39, 0.29) is 29.3 Å². The topological polar surface area (TPSA) is 51.0 Å². The van der Waals surface area contributed by atoms with E-state index in [2.05, 4.69) is 15.5 Å². The molecular weight excluding hydrogens is 233 g/mol. The summed E-state index contributed by atoms with van der Waals surface area (Å²) in [5.41, 5.74) is 1.13. The molecule has 1 aromatic carbocycles. The Labute approximate surface area is 96.4 Å². The fourth-order valence-corrected chi connectivity index (χ4v) is 1.30. The van der Waals surface area contributed by atoms with Crippen molar-refractivity contribution in [3.05, 3.63) is 35.5 Å². The molecule has 0 aliphatic rings. The highest BCUT2D eigenvalue weighted by Gasteiger charge is 2.08. The number of halogens is 2. The van der Waals surface area contributed by atoms with Crippen molar-refractivity contribution in [1.82, 2.24) is 10.2 Å². The van der Waals surface area contributed by atoms with Crippen molar-refractivity contribution in [3.63, 3.8) is 0 Å². The van der Waals surface area contributed by atoms with Gasteiger partial charge in [0.25, 0.3) is 0 Å². The minimum atomic E-state index is -0.370. The molecule has 1 aromatic heterocycles. The highest BCUT2D eigenvalue weighted by Crippen LogP contribution is 2.20. The van der Waals surface area contributed by atoms with Gasteiger partial charge in [0.05, 0.1) is 5.69 Å². The van der Waals surface area contributed by atoms with E-state index in [9.17, 15) is 4.39 Å². The SMILES string of the molecule is Cc1ccc(Nc2nnc(CCl)o2)c(F)c1. The number of aryl methyl sites for hydroxylation is 1. The van der Waals surface area contributed by atoms with Crippen molar-refractivity contribution in [1.29, 1.82) is 0 Å². The number of nitrogens with one attached hydrogen (secondary N) is 1. The summed E-state index contributed by atoms with van der Waals surface area (Å²) < 4.78 is 18.5. The molecule has 4 nitrogen and oxygen atoms in total. The number of anilines is 2. The molecule has 0 fully saturated rings. The number of hydrogen-bond donors (Lipinski definition) is 1. The van der Waals surface area contributed by atoms with Crippen molar-refractivity contribution < 1.29 is 8.81 Å². The van der Waals surface area contributed by atoms with Crippen LogP contribution < -0.4 is 5.32 Å². The van der Waals surface area contributed by atoms with Crippen molar-refractivity contribution in [3.8, 4) is 0 Å². The van der Waals surface area contributed by atoms with E-state index in [1.807, 2.05) is 6.92 Å². The summed E-state index contributed by atoms with van der Waals surface area (Å²) in [5.74, 6) is 0.0488. The lowest BCUT2D eigenvalue weighted by Crippen LogP contribution is -1.94. The molecule has 6 heteroatoms. The Balaban J connectivity index is 2.20. The minimum absolute atomic E-state index is 0.124. The Bertz CT molecular complexity index is 501. The molecule has 2 rings (SSSR count). The van der Waals surface area contributed by atoms with Crippen molar-refractivity contribution in [2.45, 2.75) is 12.8 Å². The monoisotopic (exact) mass is 241 g/mol. The second-order valence-electron chi connectivity index (χ2n) is 3.24. The van der Waals surface area contributed by atoms with Gasteiger partial charge in [-0.05, 0) is 24.6 Å². The van der Waals surface area contributed by atoms with E-state index in [1.54, 1.807) is 12.1 Å². The van der Waals surface area contributed by atoms with Gasteiger partial charge in [-0.2, -0.15) is 0 Å². The average molecular weight is 242 g/mol. The Kier molecular flexibility index (Phi) is 3.05. The second kappa shape index (κ2) is 4.49. The molecule has 84 valence electrons. The van der Waals surface area contributed by atoms with Gasteiger partial charge >= 0.3 is 6.01 Å². The lowest BCUT2D eigenvalue weighted by Gasteiger charge is -2.03. The lowest BCUT2D eigenvalue weighted by atomic mass is 10.2. The van der Waals surface area contributed by atoms with E-state index in [4.69, 9.17) is 16.0 Å². The number of nitrogens with zero attached hydrogens (tertiary/aromatic N) is 2. The standard InChI is InChI=1S/C10H9ClFN3O/c1-6-2-3-8(7(12)4-6)13-10-15-14-9(5-11)16-10/h2-4H,5H2,1H3,(H,13,15). The summed E-state index contributed by atoms with van der Waals surface area (Å²) in [7, 11) is 0. The molecule has 0 saturated heterocycles. The van der Waals surface area contributed by atoms with Crippen LogP contribution in [0, 0.1) is 12.7 Å². The van der Waals surface area contributed by atoms with Gasteiger partial charge in [0, 0.05) is 0 Å². The van der Waals surface area contributed by atoms with E-state index in [0.717, 1.165) is 5.56 Å². The first-order chi connectivity index (χ1) is 7.69. The van der Waals surface area contributed by atoms with Crippen LogP contribution in [-0.2, 0) is 5.88 Å². The Morgan fingerprint density at radius 2 is 2.25 bits per heavy atom. The largest absolute Gasteiger partial charge is 0.407 e. The van der Waals surface area contributed by atoms with Crippen LogP contribution in [-0.4, -0.2) is 10.2 Å². The van der Waals surface area contributed by atoms with Crippen LogP contribution >= 0.6 is 11.6 Å². The molecule has 0 radical (unpaired) electrons. The van der Waals surface area contributed by atoms with Crippen molar-refractivity contribution in [2.75, 3.05) is 5.32 Å². The third-order valence-electron chi connectivity index (χ3n) is 1.95. The third-order valence-corrected chi connectivity index (χ3v) is 2.18. The maximum absolute atomic E-state index is 13.4. The fourth-order valence-electron chi connectivity index (χ4n) is 1.19. The maximum Gasteiger partial charge on any atom is 0.320 e. The lowest BCUT2D eigenvalue weighted by molar-refractivity contribution is 0.529. The molecule has 0 aliphatic carbocycles. The summed E-state index contributed by atoms with van der Waals surface area (Å²) in [6, 6.07) is 4.93. The number of rotatable bonds is 3. The fraction of sp³-hybridized carbons (Fsp3) is 0.200. The van der Waals surface area contributed by atoms with Gasteiger partial charge in [0.1, 0.15) is 11.7 Å². The molecule has 0 saturated carbocycles. The quantitative estimate of drug-likeness (QED) is 0.840. The molecule has 0 aliphatic heterocycles. The summed E-state index contributed by atoms with van der Waals surface area (Å²) in [5, 5.41) is 9.99. The number of alkyl halides is 1. The highest BCUT2D eigenvalue weighted by molar-refractivity contribution is 6.16. The predicted octanol–water partition coefficient (Wildman–Crippen LogP) is 3.00. The van der Waals surface area contributed by atoms with Gasteiger partial charge in [0.15, 0.2) is 0 Å². The van der Waals surface area contributed by atoms with Crippen LogP contribution in [0.25, 0.3) is 0 Å². The van der Waals surface area contributed by atoms with Gasteiger partial charge in [0.2, 0.25) is 5.89 Å². The predicted molar refractivity (Wildman–Crippen MR) is 58.3 cm³/mol. The third kappa shape index (κ3) is 2.30. The normalized spacial score (nSPS) is 10.4. The van der Waals surface area contributed by atoms with Gasteiger partial charge in [-0.1, -0.05) is 11.2 Å². The second-order valence-corrected chi connectivity index (χ2v) is 3.51. The van der Waals surface area contributed by atoms with E-state index in [1.165, 1.54) is 6.07 Å². The van der Waals surface area contributed by atoms with Gasteiger partial charge < -0.3 is 9.73 Å². The van der Waals surface area contributed by atoms with Gasteiger partial charge in [-0.3, -0.25) is 0 Å². The van der Waals surface area contributed by atoms with E-state index < -0.39 is 0 Å². The Morgan fingerprint density at radius 1 is 1.44 bits per heavy atom. The van der Waals surface area contributed by atoms with Crippen molar-refractivity contribution in [2.24, 2.45) is 0 Å². The van der Waals surface area contributed by atoms with Gasteiger partial charge in [-0.15, -0.1) is 16.7 Å². The number of aromatic nitrogens is 2. The molecule has 0 bridgehead atoms. The zero-order chi connectivity index (χ0) is 11.5. The molecule has 0 spiro atoms. The smallest absolute Gasteiger partial charge is 0.320 e. The molecule has 0 unspecified atom stereocenters. The minimum Gasteiger partial charge on any atom is -0.407 e. The molecule has 1 N–H and O–H groups in total. The Morgan fingerprint density at radius 3 is 2.88 bits per heavy atom. The molecular formula is C10H9ClFN3O. The molecule has 16 heavy (non-hydrogen) atoms. The summed E-state index contributed by atoms with van der Waals surface area (Å²) in [4.78, 5) is 0. The zero-order valence-corrected chi connectivity index (χ0v) is 9.25. The molecule has 2 aromatic rings. The first-order valence-corrected chi connectivity index (χ1v) is 5.14. The number of hydrogen-bond acceptors (Lipinski definition) is 4. The zero-order valence-electron chi connectivity index (χ0n) is 8.50. The van der Waals surface area contributed by atoms with Crippen LogP contribution in [0.1, 0.15) is 11.5 Å². The first-order valence-electron chi connectivity index (χ1n) is 4.60. The molecule has 1 heterocycles. The van der Waals surface area contributed by atoms with Crippen LogP contribution in [0.4, 0.5) is 16.1 Å². The maximum atomic E-state index is 13.4. The average Bonchev–Trinajstić information content (AvgIpc) is 2.70. The van der Waals surface area contributed by atoms with Crippen LogP contribution in [0.2, 0.25) is 0 Å². The van der Waals surface area contributed by atoms with Crippen molar-refractivity contribution >= 4 is 23.3 Å². The van der Waals surface area contributed by atoms with E-state index >= 15 is 0 Å². The highest BCUT2D eigenvalue weighted by atomic mass is 35.5. The molecule has 0 amide bonds. The van der Waals surface area contributed by atoms with E-state index in [0.29, 0.717) is 0 Å². The van der Waals surface area contributed by atoms with Crippen LogP contribution in [0.5, 0.6) is 0 Å². The first kappa shape index (κ1) is 10.9. The van der Waals surface area contributed by atoms with Gasteiger partial charge in [-0.25, -0.2) is 4.39 Å². The van der Waals surface area contributed by atoms with Crippen LogP contribution in [0.15, 0.2) is 22.6 Å². The summed E-state index contributed by atoms with van der Waals surface area (Å²) in [6.07, 6.45) is 0. The summed E-state index contributed by atoms with van der Waals surface area (Å²) >= 11 is 5.50. The Hall–Kier alpha value is -1.62. The summed E-state index contributed by atoms with van der Waals surface area (Å²) in [6.45, 7) is 1.81. The number of benzene rings is 1. The molecule has 0 atom stereocenters. The van der Waals surface area contributed by atoms with Crippen LogP contribution in [0.3, 0.4) is 0 Å².